The van der Waals surface area contributed by atoms with Crippen molar-refractivity contribution in [1.29, 1.82) is 0 Å². The molecule has 0 atom stereocenters. The number of aromatic nitrogens is 2. The fourth-order valence-electron chi connectivity index (χ4n) is 12.9. The molecule has 6 heteroatoms. The summed E-state index contributed by atoms with van der Waals surface area (Å²) in [6.45, 7) is 6.13. The van der Waals surface area contributed by atoms with Gasteiger partial charge in [0.25, 0.3) is 0 Å². The molecule has 2 aromatic heterocycles. The number of fused-ring (bicyclic) bond motifs is 11. The Morgan fingerprint density at radius 3 is 1.48 bits per heavy atom. The van der Waals surface area contributed by atoms with Crippen LogP contribution in [0.25, 0.3) is 111 Å². The molecule has 16 aromatic rings. The summed E-state index contributed by atoms with van der Waals surface area (Å²) in [5, 5.41) is -0.165. The van der Waals surface area contributed by atoms with Crippen LogP contribution >= 0.6 is 0 Å². The molecule has 0 fully saturated rings. The van der Waals surface area contributed by atoms with Gasteiger partial charge in [0.15, 0.2) is 11.5 Å². The third kappa shape index (κ3) is 9.92. The first-order chi connectivity index (χ1) is 53.3. The van der Waals surface area contributed by atoms with Gasteiger partial charge in [0.1, 0.15) is 11.2 Å². The average molecular weight is 1230 g/mol. The van der Waals surface area contributed by atoms with Crippen molar-refractivity contribution in [2.75, 3.05) is 9.80 Å². The molecule has 14 aromatic carbocycles. The van der Waals surface area contributed by atoms with Crippen molar-refractivity contribution >= 4 is 83.6 Å². The predicted octanol–water partition coefficient (Wildman–Crippen LogP) is 24.7. The van der Waals surface area contributed by atoms with Gasteiger partial charge in [0.2, 0.25) is 0 Å². The van der Waals surface area contributed by atoms with Gasteiger partial charge < -0.3 is 27.9 Å². The highest BCUT2D eigenvalue weighted by molar-refractivity contribution is 6.11. The standard InChI is InChI=1S/C88H64N4O2/c1-88(2,3)65-51-67(89(66-37-23-36-64(50-66)59-26-9-4-10-27-59)86-74(60-28-11-5-12-29-60)39-24-40-75(86)61-30-13-6-14-31-61)53-68(52-65)90(87-76(62-32-15-7-16-33-62)41-25-42-77(87)63-34-17-8-18-35-63)69-54-70-56-71(55-69)92-81-44-21-22-45-84(81)94-85-49-47-73(58-83(85)92)93-72-46-48-79-78-38-19-20-43-80(78)91(70)82(79)57-72/h4-58H,1-3H3/i4D,9D,10D,19D,20D,23D,26D,27D,36D,38D,43D,46D,47D,48D,49D,50D,54D. The van der Waals surface area contributed by atoms with Crippen LogP contribution in [0.1, 0.15) is 49.6 Å². The van der Waals surface area contributed by atoms with Gasteiger partial charge in [0.05, 0.1) is 73.6 Å². The number of hydrogen-bond acceptors (Lipinski definition) is 4. The maximum absolute atomic E-state index is 11.6. The van der Waals surface area contributed by atoms with Crippen LogP contribution in [0.5, 0.6) is 11.5 Å². The first kappa shape index (κ1) is 40.6. The van der Waals surface area contributed by atoms with Crippen molar-refractivity contribution in [3.63, 3.8) is 0 Å². The molecule has 6 bridgehead atoms. The van der Waals surface area contributed by atoms with Crippen LogP contribution in [0.3, 0.4) is 0 Å². The van der Waals surface area contributed by atoms with Crippen LogP contribution in [-0.2, 0) is 5.41 Å². The van der Waals surface area contributed by atoms with E-state index in [-0.39, 0.29) is 90.0 Å². The summed E-state index contributed by atoms with van der Waals surface area (Å²) in [5.74, 6) is 0.231. The van der Waals surface area contributed by atoms with Crippen molar-refractivity contribution in [1.82, 2.24) is 8.97 Å². The van der Waals surface area contributed by atoms with Gasteiger partial charge in [-0.15, -0.1) is 0 Å². The molecular weight excluding hydrogens is 1140 g/mol. The largest absolute Gasteiger partial charge is 0.457 e. The van der Waals surface area contributed by atoms with Crippen molar-refractivity contribution < 1.29 is 32.5 Å². The van der Waals surface area contributed by atoms with Crippen LogP contribution in [-0.4, -0.2) is 8.97 Å². The zero-order chi connectivity index (χ0) is 77.7. The van der Waals surface area contributed by atoms with E-state index in [0.29, 0.717) is 56.3 Å². The number of ether oxygens (including phenoxy) is 1. The molecule has 0 N–H and O–H groups in total. The normalized spacial score (nSPS) is 14.4. The predicted molar refractivity (Wildman–Crippen MR) is 392 cm³/mol. The molecule has 1 aliphatic heterocycles. The average Bonchev–Trinajstić information content (AvgIpc) is 1.61. The van der Waals surface area contributed by atoms with Crippen LogP contribution in [0, 0.1) is 0 Å². The molecular formula is C88H64N4O2. The number of nitrogens with zero attached hydrogens (tertiary/aromatic N) is 4. The van der Waals surface area contributed by atoms with E-state index in [1.54, 1.807) is 18.2 Å². The first-order valence-electron chi connectivity index (χ1n) is 39.3. The van der Waals surface area contributed by atoms with Gasteiger partial charge in [0, 0.05) is 62.2 Å². The lowest BCUT2D eigenvalue weighted by Crippen LogP contribution is -2.19. The highest BCUT2D eigenvalue weighted by Crippen LogP contribution is 2.53. The minimum Gasteiger partial charge on any atom is -0.457 e. The lowest BCUT2D eigenvalue weighted by molar-refractivity contribution is 0.475. The summed E-state index contributed by atoms with van der Waals surface area (Å²) >= 11 is 0. The van der Waals surface area contributed by atoms with Gasteiger partial charge in [-0.05, 0) is 135 Å². The van der Waals surface area contributed by atoms with Gasteiger partial charge in [-0.2, -0.15) is 0 Å². The van der Waals surface area contributed by atoms with Gasteiger partial charge in [-0.25, -0.2) is 0 Å². The van der Waals surface area contributed by atoms with E-state index in [2.05, 4.69) is 0 Å². The lowest BCUT2D eigenvalue weighted by Gasteiger charge is -2.35. The Labute approximate surface area is 570 Å². The Kier molecular flexibility index (Phi) is 9.92. The Hall–Kier alpha value is -12.1. The van der Waals surface area contributed by atoms with Crippen molar-refractivity contribution in [2.24, 2.45) is 0 Å². The van der Waals surface area contributed by atoms with Crippen molar-refractivity contribution in [3.8, 4) is 72.8 Å². The Morgan fingerprint density at radius 2 is 0.872 bits per heavy atom. The van der Waals surface area contributed by atoms with Crippen LogP contribution in [0.4, 0.5) is 34.1 Å². The Bertz CT molecular complexity index is 6560. The van der Waals surface area contributed by atoms with E-state index in [1.165, 1.54) is 22.6 Å². The summed E-state index contributed by atoms with van der Waals surface area (Å²) in [6, 6.07) is 62.2. The molecule has 0 amide bonds. The van der Waals surface area contributed by atoms with Crippen LogP contribution in [0.2, 0.25) is 0 Å². The van der Waals surface area contributed by atoms with E-state index >= 15 is 0 Å². The highest BCUT2D eigenvalue weighted by atomic mass is 16.5. The summed E-state index contributed by atoms with van der Waals surface area (Å²) in [5.41, 5.74) is 6.70. The zero-order valence-electron chi connectivity index (χ0n) is 68.0. The Balaban J connectivity index is 1.13. The number of rotatable bonds is 11. The number of anilines is 6. The summed E-state index contributed by atoms with van der Waals surface area (Å²) in [6.07, 6.45) is 0. The molecule has 3 heterocycles. The molecule has 0 saturated carbocycles. The minimum atomic E-state index is -0.816. The number of benzene rings is 14. The third-order valence-corrected chi connectivity index (χ3v) is 17.2. The van der Waals surface area contributed by atoms with Crippen molar-refractivity contribution in [2.45, 2.75) is 26.2 Å². The summed E-state index contributed by atoms with van der Waals surface area (Å²) < 4.78 is 181. The molecule has 0 aliphatic carbocycles. The summed E-state index contributed by atoms with van der Waals surface area (Å²) in [7, 11) is 0. The Morgan fingerprint density at radius 1 is 0.351 bits per heavy atom. The molecule has 0 radical (unpaired) electrons. The van der Waals surface area contributed by atoms with Crippen LogP contribution < -0.4 is 14.5 Å². The minimum absolute atomic E-state index is 0.00388. The lowest BCUT2D eigenvalue weighted by atomic mass is 9.85. The summed E-state index contributed by atoms with van der Waals surface area (Å²) in [4.78, 5) is 3.81. The second kappa shape index (κ2) is 23.0. The molecule has 0 unspecified atom stereocenters. The van der Waals surface area contributed by atoms with E-state index in [1.807, 2.05) is 229 Å². The van der Waals surface area contributed by atoms with Gasteiger partial charge >= 0.3 is 0 Å². The second-order valence-corrected chi connectivity index (χ2v) is 24.0. The van der Waals surface area contributed by atoms with Crippen LogP contribution in [0.15, 0.2) is 338 Å². The maximum Gasteiger partial charge on any atom is 0.151 e. The smallest absolute Gasteiger partial charge is 0.151 e. The number of para-hydroxylation sites is 5. The van der Waals surface area contributed by atoms with Gasteiger partial charge in [-0.1, -0.05) is 251 Å². The van der Waals surface area contributed by atoms with Gasteiger partial charge in [-0.3, -0.25) is 0 Å². The van der Waals surface area contributed by atoms with E-state index in [9.17, 15) is 17.8 Å². The molecule has 1 aliphatic rings. The quantitative estimate of drug-likeness (QED) is 0.129. The second-order valence-electron chi connectivity index (χ2n) is 24.0. The molecule has 0 spiro atoms. The molecule has 448 valence electrons. The third-order valence-electron chi connectivity index (χ3n) is 17.2. The highest BCUT2D eigenvalue weighted by Gasteiger charge is 2.30. The van der Waals surface area contributed by atoms with Crippen molar-refractivity contribution in [3.05, 3.63) is 339 Å². The first-order valence-corrected chi connectivity index (χ1v) is 30.8. The zero-order valence-corrected chi connectivity index (χ0v) is 51.0. The topological polar surface area (TPSA) is 38.2 Å². The fourth-order valence-corrected chi connectivity index (χ4v) is 12.9. The van der Waals surface area contributed by atoms with E-state index < -0.39 is 102 Å². The maximum atomic E-state index is 11.6. The fraction of sp³-hybridized carbons (Fsp3) is 0.0455. The molecule has 6 nitrogen and oxygen atoms in total. The monoisotopic (exact) mass is 1230 g/mol. The number of hydrogen-bond donors (Lipinski definition) is 0. The molecule has 94 heavy (non-hydrogen) atoms. The van der Waals surface area contributed by atoms with E-state index in [4.69, 9.17) is 14.6 Å². The van der Waals surface area contributed by atoms with E-state index in [0.717, 1.165) is 22.3 Å². The SMILES string of the molecule is [2H]c1cc(N(c2cc(N(c3cc4cc(c3[2H])n3c5cc(oc6cc7c(c([2H])c6[2H])Oc6ccccc6-n47)c([2H])c([2H])c5c4c([2H])c([2H])c([2H])c([2H])c43)c3c(-c4ccccc4)cccc3-c3ccccc3)cc(C(C)(C)C)c2)c2c(-c3ccccc3)cccc2-c2ccccc2)c([2H])c(-c2c([2H])c([2H])c([2H])c([2H])c2[2H])c1[2H]. The molecule has 0 saturated heterocycles. The molecule has 17 rings (SSSR count).